The molecule has 4 aromatic carbocycles. The summed E-state index contributed by atoms with van der Waals surface area (Å²) in [6.07, 6.45) is 1.50. The molecule has 0 unspecified atom stereocenters. The van der Waals surface area contributed by atoms with Crippen LogP contribution in [-0.2, 0) is 0 Å². The molecule has 0 spiro atoms. The van der Waals surface area contributed by atoms with E-state index in [1.807, 2.05) is 92.6 Å². The van der Waals surface area contributed by atoms with Gasteiger partial charge in [-0.15, -0.1) is 0 Å². The number of ether oxygens (including phenoxy) is 2. The summed E-state index contributed by atoms with van der Waals surface area (Å²) in [5, 5.41) is 10.7. The lowest BCUT2D eigenvalue weighted by Crippen LogP contribution is -2.08. The van der Waals surface area contributed by atoms with Crippen LogP contribution in [0.2, 0.25) is 5.28 Å². The molecular formula is C34H30ClN11O2. The van der Waals surface area contributed by atoms with Crippen LogP contribution in [-0.4, -0.2) is 63.2 Å². The van der Waals surface area contributed by atoms with Crippen LogP contribution in [0.25, 0.3) is 33.0 Å². The van der Waals surface area contributed by atoms with Gasteiger partial charge in [-0.25, -0.2) is 19.9 Å². The third kappa shape index (κ3) is 6.18. The third-order valence-electron chi connectivity index (χ3n) is 7.68. The summed E-state index contributed by atoms with van der Waals surface area (Å²) in [5.74, 6) is 2.37. The van der Waals surface area contributed by atoms with Crippen molar-refractivity contribution in [1.29, 1.82) is 0 Å². The number of aromatic nitrogens is 7. The molecule has 14 heteroatoms. The van der Waals surface area contributed by atoms with E-state index < -0.39 is 0 Å². The first-order valence-electron chi connectivity index (χ1n) is 14.9. The topological polar surface area (TPSA) is 148 Å². The lowest BCUT2D eigenvalue weighted by Gasteiger charge is -2.14. The number of fused-ring (bicyclic) bond motifs is 3. The van der Waals surface area contributed by atoms with Gasteiger partial charge >= 0.3 is 0 Å². The molecule has 0 aliphatic rings. The first kappa shape index (κ1) is 30.6. The van der Waals surface area contributed by atoms with Crippen LogP contribution in [0.15, 0.2) is 73.1 Å². The second-order valence-electron chi connectivity index (χ2n) is 11.1. The molecule has 3 heterocycles. The summed E-state index contributed by atoms with van der Waals surface area (Å²) in [6, 6.07) is 21.2. The van der Waals surface area contributed by atoms with Crippen LogP contribution in [0.1, 0.15) is 5.56 Å². The van der Waals surface area contributed by atoms with E-state index >= 15 is 0 Å². The first-order valence-corrected chi connectivity index (χ1v) is 15.2. The average Bonchev–Trinajstić information content (AvgIpc) is 3.07. The van der Waals surface area contributed by atoms with E-state index in [1.165, 1.54) is 6.33 Å². The van der Waals surface area contributed by atoms with Crippen molar-refractivity contribution < 1.29 is 9.47 Å². The van der Waals surface area contributed by atoms with E-state index in [9.17, 15) is 0 Å². The number of benzene rings is 4. The van der Waals surface area contributed by atoms with Gasteiger partial charge in [-0.3, -0.25) is 0 Å². The number of halogens is 1. The smallest absolute Gasteiger partial charge is 0.233 e. The molecule has 3 N–H and O–H groups in total. The van der Waals surface area contributed by atoms with Crippen LogP contribution in [0, 0.1) is 6.92 Å². The lowest BCUT2D eigenvalue weighted by atomic mass is 10.1. The summed E-state index contributed by atoms with van der Waals surface area (Å²) in [7, 11) is 7.17. The predicted molar refractivity (Wildman–Crippen MR) is 190 cm³/mol. The van der Waals surface area contributed by atoms with Crippen LogP contribution >= 0.6 is 11.6 Å². The number of hydrogen-bond acceptors (Lipinski definition) is 13. The Kier molecular flexibility index (Phi) is 8.03. The number of nitrogens with one attached hydrogen (secondary N) is 3. The Morgan fingerprint density at radius 2 is 1.27 bits per heavy atom. The minimum atomic E-state index is 0.0384. The highest BCUT2D eigenvalue weighted by Gasteiger charge is 2.13. The van der Waals surface area contributed by atoms with Crippen molar-refractivity contribution in [3.05, 3.63) is 83.9 Å². The Labute approximate surface area is 280 Å². The van der Waals surface area contributed by atoms with Gasteiger partial charge in [-0.05, 0) is 84.8 Å². The average molecular weight is 660 g/mol. The summed E-state index contributed by atoms with van der Waals surface area (Å²) >= 11 is 6.32. The number of hydrogen-bond donors (Lipinski definition) is 3. The van der Waals surface area contributed by atoms with E-state index in [4.69, 9.17) is 31.0 Å². The molecule has 0 radical (unpaired) electrons. The summed E-state index contributed by atoms with van der Waals surface area (Å²) in [6.45, 7) is 1.98. The molecule has 7 rings (SSSR count). The van der Waals surface area contributed by atoms with E-state index in [-0.39, 0.29) is 17.2 Å². The van der Waals surface area contributed by atoms with Crippen molar-refractivity contribution in [3.8, 4) is 11.5 Å². The fraction of sp³-hybridized carbons (Fsp3) is 0.147. The molecule has 0 atom stereocenters. The quantitative estimate of drug-likeness (QED) is 0.134. The van der Waals surface area contributed by atoms with Crippen LogP contribution in [0.4, 0.5) is 40.5 Å². The Balaban J connectivity index is 1.10. The van der Waals surface area contributed by atoms with Crippen LogP contribution < -0.4 is 30.3 Å². The zero-order chi connectivity index (χ0) is 33.4. The maximum absolute atomic E-state index is 6.32. The molecule has 48 heavy (non-hydrogen) atoms. The molecular weight excluding hydrogens is 630 g/mol. The van der Waals surface area contributed by atoms with Gasteiger partial charge in [0.05, 0.1) is 41.8 Å². The molecule has 0 bridgehead atoms. The fourth-order valence-corrected chi connectivity index (χ4v) is 5.36. The zero-order valence-corrected chi connectivity index (χ0v) is 27.5. The van der Waals surface area contributed by atoms with Crippen molar-refractivity contribution in [2.75, 3.05) is 49.2 Å². The summed E-state index contributed by atoms with van der Waals surface area (Å²) in [4.78, 5) is 33.6. The standard InChI is InChI=1S/C34H30ClN11O2/c1-18-12-26-28(41-27-13-21(46(2)3)10-11-23(27)40-26)15-24(18)42-34-44-32(35)43-33(45-34)39-20-8-6-19(7-9-20)38-31-22-14-29(47-4)30(48-5)16-25(22)36-17-37-31/h6-17H,1-5H3,(H,36,37,38)(H2,39,42,43,44,45). The van der Waals surface area contributed by atoms with Gasteiger partial charge in [0.25, 0.3) is 0 Å². The minimum Gasteiger partial charge on any atom is -0.493 e. The molecule has 0 amide bonds. The van der Waals surface area contributed by atoms with E-state index in [1.54, 1.807) is 14.2 Å². The van der Waals surface area contributed by atoms with Gasteiger partial charge in [0, 0.05) is 48.3 Å². The fourth-order valence-electron chi connectivity index (χ4n) is 5.20. The molecule has 0 aliphatic heterocycles. The molecule has 7 aromatic rings. The van der Waals surface area contributed by atoms with Crippen molar-refractivity contribution in [1.82, 2.24) is 34.9 Å². The monoisotopic (exact) mass is 659 g/mol. The molecule has 0 saturated heterocycles. The third-order valence-corrected chi connectivity index (χ3v) is 7.85. The van der Waals surface area contributed by atoms with Gasteiger partial charge in [0.15, 0.2) is 11.5 Å². The van der Waals surface area contributed by atoms with Crippen LogP contribution in [0.3, 0.4) is 0 Å². The Morgan fingerprint density at radius 3 is 2.00 bits per heavy atom. The predicted octanol–water partition coefficient (Wildman–Crippen LogP) is 7.19. The van der Waals surface area contributed by atoms with Gasteiger partial charge in [0.2, 0.25) is 17.2 Å². The maximum Gasteiger partial charge on any atom is 0.233 e. The maximum atomic E-state index is 6.32. The Morgan fingerprint density at radius 1 is 0.625 bits per heavy atom. The number of nitrogens with zero attached hydrogens (tertiary/aromatic N) is 8. The van der Waals surface area contributed by atoms with Crippen molar-refractivity contribution in [2.24, 2.45) is 0 Å². The van der Waals surface area contributed by atoms with Gasteiger partial charge in [-0.1, -0.05) is 0 Å². The largest absolute Gasteiger partial charge is 0.493 e. The van der Waals surface area contributed by atoms with E-state index in [0.717, 1.165) is 61.3 Å². The lowest BCUT2D eigenvalue weighted by molar-refractivity contribution is 0.356. The van der Waals surface area contributed by atoms with E-state index in [2.05, 4.69) is 40.9 Å². The summed E-state index contributed by atoms with van der Waals surface area (Å²) in [5.41, 5.74) is 8.24. The normalized spacial score (nSPS) is 11.1. The second kappa shape index (κ2) is 12.6. The molecule has 240 valence electrons. The highest BCUT2D eigenvalue weighted by molar-refractivity contribution is 6.28. The molecule has 0 fully saturated rings. The molecule has 0 aliphatic carbocycles. The van der Waals surface area contributed by atoms with Crippen LogP contribution in [0.5, 0.6) is 11.5 Å². The SMILES string of the molecule is COc1cc2ncnc(Nc3ccc(Nc4nc(Cl)nc(Nc5cc6nc7cc(N(C)C)ccc7nc6cc5C)n4)cc3)c2cc1OC. The van der Waals surface area contributed by atoms with Gasteiger partial charge in [0.1, 0.15) is 12.1 Å². The number of rotatable bonds is 9. The van der Waals surface area contributed by atoms with Crippen molar-refractivity contribution in [3.63, 3.8) is 0 Å². The number of methoxy groups -OCH3 is 2. The summed E-state index contributed by atoms with van der Waals surface area (Å²) < 4.78 is 10.9. The Hall–Kier alpha value is -6.08. The minimum absolute atomic E-state index is 0.0384. The highest BCUT2D eigenvalue weighted by atomic mass is 35.5. The zero-order valence-electron chi connectivity index (χ0n) is 26.7. The van der Waals surface area contributed by atoms with Gasteiger partial charge < -0.3 is 30.3 Å². The van der Waals surface area contributed by atoms with E-state index in [0.29, 0.717) is 17.3 Å². The second-order valence-corrected chi connectivity index (χ2v) is 11.4. The van der Waals surface area contributed by atoms with Gasteiger partial charge in [-0.2, -0.15) is 15.0 Å². The molecule has 3 aromatic heterocycles. The molecule has 13 nitrogen and oxygen atoms in total. The van der Waals surface area contributed by atoms with Crippen molar-refractivity contribution in [2.45, 2.75) is 6.92 Å². The number of anilines is 7. The number of aryl methyl sites for hydroxylation is 1. The molecule has 0 saturated carbocycles. The van der Waals surface area contributed by atoms with Crippen molar-refractivity contribution >= 4 is 85.0 Å². The highest BCUT2D eigenvalue weighted by Crippen LogP contribution is 2.35. The first-order chi connectivity index (χ1) is 23.3. The Bertz CT molecular complexity index is 2320.